The molecule has 0 aromatic rings. The van der Waals surface area contributed by atoms with Crippen LogP contribution in [-0.2, 0) is 0 Å². The minimum absolute atomic E-state index is 0.408. The number of halogens is 1. The van der Waals surface area contributed by atoms with Gasteiger partial charge in [-0.2, -0.15) is 0 Å². The zero-order valence-electron chi connectivity index (χ0n) is 12.4. The Kier molecular flexibility index (Phi) is 5.52. The first-order chi connectivity index (χ1) is 7.74. The third-order valence-electron chi connectivity index (χ3n) is 4.32. The first-order valence-corrected chi connectivity index (χ1v) is 8.15. The minimum atomic E-state index is 0.408. The average Bonchev–Trinajstić information content (AvgIpc) is 2.34. The van der Waals surface area contributed by atoms with Crippen molar-refractivity contribution >= 4 is 15.9 Å². The number of hydrogen-bond donors (Lipinski definition) is 0. The molecule has 1 aliphatic heterocycles. The maximum absolute atomic E-state index is 3.69. The molecule has 1 saturated heterocycles. The molecular weight excluding hydrogens is 274 g/mol. The lowest BCUT2D eigenvalue weighted by Crippen LogP contribution is -2.37. The van der Waals surface area contributed by atoms with E-state index in [4.69, 9.17) is 0 Å². The normalized spacial score (nSPS) is 24.4. The highest BCUT2D eigenvalue weighted by molar-refractivity contribution is 9.09. The first-order valence-electron chi connectivity index (χ1n) is 7.03. The Bertz CT molecular complexity index is 230. The lowest BCUT2D eigenvalue weighted by atomic mass is 9.81. The maximum atomic E-state index is 3.69. The quantitative estimate of drug-likeness (QED) is 0.691. The molecule has 1 aliphatic rings. The van der Waals surface area contributed by atoms with Crippen molar-refractivity contribution in [2.45, 2.75) is 53.9 Å². The number of likely N-dealkylation sites (tertiary alicyclic amines) is 1. The summed E-state index contributed by atoms with van der Waals surface area (Å²) in [6, 6.07) is 0. The number of rotatable bonds is 3. The minimum Gasteiger partial charge on any atom is -0.303 e. The Balaban J connectivity index is 2.51. The van der Waals surface area contributed by atoms with E-state index in [2.05, 4.69) is 55.4 Å². The van der Waals surface area contributed by atoms with Gasteiger partial charge in [-0.3, -0.25) is 0 Å². The standard InChI is InChI=1S/C15H30BrN/c1-14(2,3)13(11-16)12-17-9-6-7-15(4,5)8-10-17/h13H,6-12H2,1-5H3. The number of alkyl halides is 1. The smallest absolute Gasteiger partial charge is 0.00768 e. The molecule has 0 radical (unpaired) electrons. The molecule has 17 heavy (non-hydrogen) atoms. The van der Waals surface area contributed by atoms with Crippen LogP contribution in [0.1, 0.15) is 53.9 Å². The molecule has 2 heteroatoms. The second-order valence-corrected chi connectivity index (χ2v) is 8.18. The monoisotopic (exact) mass is 303 g/mol. The summed E-state index contributed by atoms with van der Waals surface area (Å²) >= 11 is 3.69. The molecule has 0 aliphatic carbocycles. The largest absolute Gasteiger partial charge is 0.303 e. The topological polar surface area (TPSA) is 3.24 Å². The van der Waals surface area contributed by atoms with Gasteiger partial charge in [-0.25, -0.2) is 0 Å². The van der Waals surface area contributed by atoms with Gasteiger partial charge in [-0.15, -0.1) is 0 Å². The van der Waals surface area contributed by atoms with Gasteiger partial charge in [0.15, 0.2) is 0 Å². The highest BCUT2D eigenvalue weighted by Crippen LogP contribution is 2.32. The fourth-order valence-electron chi connectivity index (χ4n) is 2.53. The predicted octanol–water partition coefficient (Wildman–Crippen LogP) is 4.56. The van der Waals surface area contributed by atoms with Crippen LogP contribution in [0.25, 0.3) is 0 Å². The third-order valence-corrected chi connectivity index (χ3v) is 5.10. The average molecular weight is 304 g/mol. The highest BCUT2D eigenvalue weighted by atomic mass is 79.9. The lowest BCUT2D eigenvalue weighted by Gasteiger charge is -2.34. The molecule has 0 saturated carbocycles. The van der Waals surface area contributed by atoms with Crippen molar-refractivity contribution in [3.05, 3.63) is 0 Å². The summed E-state index contributed by atoms with van der Waals surface area (Å²) in [6.45, 7) is 15.8. The zero-order chi connectivity index (χ0) is 13.1. The fourth-order valence-corrected chi connectivity index (χ4v) is 3.70. The van der Waals surface area contributed by atoms with Gasteiger partial charge in [0, 0.05) is 11.9 Å². The van der Waals surface area contributed by atoms with Crippen LogP contribution in [0.3, 0.4) is 0 Å². The van der Waals surface area contributed by atoms with Crippen molar-refractivity contribution in [2.75, 3.05) is 25.0 Å². The molecule has 0 N–H and O–H groups in total. The summed E-state index contributed by atoms with van der Waals surface area (Å²) in [5, 5.41) is 1.12. The van der Waals surface area contributed by atoms with Crippen LogP contribution in [-0.4, -0.2) is 29.9 Å². The number of nitrogens with zero attached hydrogens (tertiary/aromatic N) is 1. The van der Waals surface area contributed by atoms with Crippen LogP contribution in [0.2, 0.25) is 0 Å². The summed E-state index contributed by atoms with van der Waals surface area (Å²) < 4.78 is 0. The van der Waals surface area contributed by atoms with Crippen LogP contribution in [0.4, 0.5) is 0 Å². The molecule has 102 valence electrons. The Morgan fingerprint density at radius 3 is 2.35 bits per heavy atom. The molecule has 0 spiro atoms. The van der Waals surface area contributed by atoms with Crippen LogP contribution in [0.15, 0.2) is 0 Å². The Hall–Kier alpha value is 0.440. The van der Waals surface area contributed by atoms with E-state index in [1.807, 2.05) is 0 Å². The lowest BCUT2D eigenvalue weighted by molar-refractivity contribution is 0.165. The molecule has 1 fully saturated rings. The Morgan fingerprint density at radius 1 is 1.18 bits per heavy atom. The third kappa shape index (κ3) is 5.30. The van der Waals surface area contributed by atoms with E-state index in [-0.39, 0.29) is 0 Å². The van der Waals surface area contributed by atoms with Gasteiger partial charge >= 0.3 is 0 Å². The van der Waals surface area contributed by atoms with E-state index in [0.717, 1.165) is 11.2 Å². The molecule has 0 amide bonds. The molecule has 0 aromatic carbocycles. The number of hydrogen-bond acceptors (Lipinski definition) is 1. The Morgan fingerprint density at radius 2 is 1.82 bits per heavy atom. The molecule has 1 atom stereocenters. The molecular formula is C15H30BrN. The second-order valence-electron chi connectivity index (χ2n) is 7.54. The van der Waals surface area contributed by atoms with Gasteiger partial charge in [-0.05, 0) is 49.1 Å². The second kappa shape index (κ2) is 6.06. The van der Waals surface area contributed by atoms with E-state index >= 15 is 0 Å². The summed E-state index contributed by atoms with van der Waals surface area (Å²) in [5.41, 5.74) is 0.964. The zero-order valence-corrected chi connectivity index (χ0v) is 13.9. The van der Waals surface area contributed by atoms with Gasteiger partial charge in [-0.1, -0.05) is 50.5 Å². The molecule has 1 nitrogen and oxygen atoms in total. The molecule has 0 aromatic heterocycles. The summed E-state index contributed by atoms with van der Waals surface area (Å²) in [6.07, 6.45) is 4.11. The summed E-state index contributed by atoms with van der Waals surface area (Å²) in [4.78, 5) is 2.69. The van der Waals surface area contributed by atoms with E-state index in [1.54, 1.807) is 0 Å². The van der Waals surface area contributed by atoms with Crippen molar-refractivity contribution in [1.29, 1.82) is 0 Å². The molecule has 1 rings (SSSR count). The van der Waals surface area contributed by atoms with E-state index in [9.17, 15) is 0 Å². The van der Waals surface area contributed by atoms with Crippen LogP contribution in [0.5, 0.6) is 0 Å². The van der Waals surface area contributed by atoms with Gasteiger partial charge in [0.1, 0.15) is 0 Å². The van der Waals surface area contributed by atoms with Crippen molar-refractivity contribution in [1.82, 2.24) is 4.90 Å². The van der Waals surface area contributed by atoms with Gasteiger partial charge in [0.25, 0.3) is 0 Å². The molecule has 1 heterocycles. The first kappa shape index (κ1) is 15.5. The van der Waals surface area contributed by atoms with Crippen LogP contribution in [0, 0.1) is 16.7 Å². The van der Waals surface area contributed by atoms with E-state index < -0.39 is 0 Å². The van der Waals surface area contributed by atoms with Crippen molar-refractivity contribution in [2.24, 2.45) is 16.7 Å². The van der Waals surface area contributed by atoms with Crippen LogP contribution >= 0.6 is 15.9 Å². The van der Waals surface area contributed by atoms with Crippen LogP contribution < -0.4 is 0 Å². The van der Waals surface area contributed by atoms with E-state index in [1.165, 1.54) is 38.9 Å². The van der Waals surface area contributed by atoms with Crippen molar-refractivity contribution < 1.29 is 0 Å². The van der Waals surface area contributed by atoms with Crippen molar-refractivity contribution in [3.8, 4) is 0 Å². The maximum Gasteiger partial charge on any atom is 0.00768 e. The SMILES string of the molecule is CC1(C)CCCN(CC(CBr)C(C)(C)C)CC1. The molecule has 0 bridgehead atoms. The molecule has 1 unspecified atom stereocenters. The van der Waals surface area contributed by atoms with E-state index in [0.29, 0.717) is 10.8 Å². The van der Waals surface area contributed by atoms with Gasteiger partial charge in [0.2, 0.25) is 0 Å². The van der Waals surface area contributed by atoms with Gasteiger partial charge < -0.3 is 4.90 Å². The van der Waals surface area contributed by atoms with Crippen molar-refractivity contribution in [3.63, 3.8) is 0 Å². The predicted molar refractivity (Wildman–Crippen MR) is 80.8 cm³/mol. The fraction of sp³-hybridized carbons (Fsp3) is 1.00. The Labute approximate surface area is 116 Å². The highest BCUT2D eigenvalue weighted by Gasteiger charge is 2.28. The van der Waals surface area contributed by atoms with Gasteiger partial charge in [0.05, 0.1) is 0 Å². The summed E-state index contributed by atoms with van der Waals surface area (Å²) in [7, 11) is 0. The summed E-state index contributed by atoms with van der Waals surface area (Å²) in [5.74, 6) is 0.753.